The number of nitrogen functional groups attached to an aromatic ring is 1. The van der Waals surface area contributed by atoms with Gasteiger partial charge in [-0.1, -0.05) is 43.7 Å². The minimum Gasteiger partial charge on any atom is -0.396 e. The van der Waals surface area contributed by atoms with Crippen LogP contribution in [0.3, 0.4) is 0 Å². The molecular weight excluding hydrogens is 296 g/mol. The Balaban J connectivity index is 2.00. The van der Waals surface area contributed by atoms with Crippen molar-refractivity contribution >= 4 is 11.5 Å². The van der Waals surface area contributed by atoms with E-state index in [0.29, 0.717) is 29.8 Å². The molecule has 24 heavy (non-hydrogen) atoms. The molecule has 0 spiro atoms. The summed E-state index contributed by atoms with van der Waals surface area (Å²) >= 11 is 0. The summed E-state index contributed by atoms with van der Waals surface area (Å²) in [6.07, 6.45) is 1.25. The van der Waals surface area contributed by atoms with Gasteiger partial charge in [-0.3, -0.25) is 0 Å². The van der Waals surface area contributed by atoms with E-state index in [9.17, 15) is 5.26 Å². The van der Waals surface area contributed by atoms with Crippen LogP contribution in [0.5, 0.6) is 0 Å². The van der Waals surface area contributed by atoms with Crippen molar-refractivity contribution in [3.8, 4) is 6.07 Å². The molecule has 2 heterocycles. The minimum atomic E-state index is 0.634. The van der Waals surface area contributed by atoms with Gasteiger partial charge >= 0.3 is 0 Å². The highest BCUT2D eigenvalue weighted by molar-refractivity contribution is 5.68. The average Bonchev–Trinajstić information content (AvgIpc) is 2.82. The quantitative estimate of drug-likeness (QED) is 0.935. The molecule has 1 saturated heterocycles. The van der Waals surface area contributed by atoms with Gasteiger partial charge in [0.1, 0.15) is 17.6 Å². The zero-order valence-corrected chi connectivity index (χ0v) is 14.8. The summed E-state index contributed by atoms with van der Waals surface area (Å²) < 4.78 is 2.08. The molecule has 2 atom stereocenters. The van der Waals surface area contributed by atoms with Crippen LogP contribution in [0.15, 0.2) is 30.3 Å². The number of aromatic nitrogens is 1. The minimum absolute atomic E-state index is 0.634. The maximum Gasteiger partial charge on any atom is 0.133 e. The number of rotatable bonds is 3. The monoisotopic (exact) mass is 322 g/mol. The van der Waals surface area contributed by atoms with Crippen LogP contribution in [0.25, 0.3) is 0 Å². The number of nitrogens with zero attached hydrogens (tertiary/aromatic N) is 3. The lowest BCUT2D eigenvalue weighted by Gasteiger charge is -2.37. The number of hydrogen-bond acceptors (Lipinski definition) is 3. The maximum atomic E-state index is 9.55. The van der Waals surface area contributed by atoms with Crippen LogP contribution in [-0.4, -0.2) is 17.7 Å². The SMILES string of the molecule is Cc1cccc(Cn2c(C#N)cc(N)c2N2C[C@@H](C)C[C@H](C)C2)c1. The Hall–Kier alpha value is -2.41. The van der Waals surface area contributed by atoms with Gasteiger partial charge in [0.15, 0.2) is 0 Å². The van der Waals surface area contributed by atoms with Crippen LogP contribution < -0.4 is 10.6 Å². The molecule has 1 aliphatic heterocycles. The fraction of sp³-hybridized carbons (Fsp3) is 0.450. The van der Waals surface area contributed by atoms with Crippen LogP contribution in [0, 0.1) is 30.1 Å². The number of aryl methyl sites for hydroxylation is 1. The molecule has 1 aromatic heterocycles. The van der Waals surface area contributed by atoms with Crippen LogP contribution in [0.4, 0.5) is 11.5 Å². The second-order valence-electron chi connectivity index (χ2n) is 7.35. The lowest BCUT2D eigenvalue weighted by molar-refractivity contribution is 0.353. The first kappa shape index (κ1) is 16.4. The molecule has 0 unspecified atom stereocenters. The summed E-state index contributed by atoms with van der Waals surface area (Å²) in [5, 5.41) is 9.55. The maximum absolute atomic E-state index is 9.55. The van der Waals surface area contributed by atoms with Crippen LogP contribution in [0.2, 0.25) is 0 Å². The van der Waals surface area contributed by atoms with Crippen molar-refractivity contribution in [3.05, 3.63) is 47.2 Å². The van der Waals surface area contributed by atoms with E-state index in [4.69, 9.17) is 5.73 Å². The Bertz CT molecular complexity index is 758. The van der Waals surface area contributed by atoms with Crippen LogP contribution >= 0.6 is 0 Å². The molecule has 2 aromatic rings. The van der Waals surface area contributed by atoms with Gasteiger partial charge in [-0.05, 0) is 36.8 Å². The standard InChI is InChI=1S/C20H26N4/c1-14-5-4-6-17(8-14)13-24-18(10-21)9-19(22)20(24)23-11-15(2)7-16(3)12-23/h4-6,8-9,15-16H,7,11-13,22H2,1-3H3/t15-,16-/m0/s1. The number of hydrogen-bond donors (Lipinski definition) is 1. The van der Waals surface area contributed by atoms with E-state index < -0.39 is 0 Å². The van der Waals surface area contributed by atoms with Crippen molar-refractivity contribution in [2.45, 2.75) is 33.7 Å². The molecule has 1 aromatic carbocycles. The topological polar surface area (TPSA) is 58.0 Å². The third-order valence-corrected chi connectivity index (χ3v) is 4.80. The normalized spacial score (nSPS) is 20.8. The van der Waals surface area contributed by atoms with E-state index in [-0.39, 0.29) is 0 Å². The lowest BCUT2D eigenvalue weighted by atomic mass is 9.92. The smallest absolute Gasteiger partial charge is 0.133 e. The largest absolute Gasteiger partial charge is 0.396 e. The Morgan fingerprint density at radius 1 is 1.21 bits per heavy atom. The molecule has 0 aliphatic carbocycles. The molecular formula is C20H26N4. The van der Waals surface area contributed by atoms with Crippen molar-refractivity contribution < 1.29 is 0 Å². The van der Waals surface area contributed by atoms with E-state index in [1.54, 1.807) is 0 Å². The summed E-state index contributed by atoms with van der Waals surface area (Å²) in [6, 6.07) is 12.6. The Morgan fingerprint density at radius 2 is 1.92 bits per heavy atom. The molecule has 4 heteroatoms. The highest BCUT2D eigenvalue weighted by atomic mass is 15.3. The molecule has 3 rings (SSSR count). The molecule has 0 saturated carbocycles. The molecule has 126 valence electrons. The van der Waals surface area contributed by atoms with E-state index in [1.165, 1.54) is 17.5 Å². The molecule has 4 nitrogen and oxygen atoms in total. The lowest BCUT2D eigenvalue weighted by Crippen LogP contribution is -2.40. The summed E-state index contributed by atoms with van der Waals surface area (Å²) in [7, 11) is 0. The van der Waals surface area contributed by atoms with Gasteiger partial charge in [-0.15, -0.1) is 0 Å². The Kier molecular flexibility index (Phi) is 4.53. The summed E-state index contributed by atoms with van der Waals surface area (Å²) in [5.41, 5.74) is 10.1. The van der Waals surface area contributed by atoms with E-state index in [1.807, 2.05) is 6.07 Å². The van der Waals surface area contributed by atoms with Gasteiger partial charge in [-0.25, -0.2) is 0 Å². The second kappa shape index (κ2) is 6.60. The zero-order valence-electron chi connectivity index (χ0n) is 14.8. The summed E-state index contributed by atoms with van der Waals surface area (Å²) in [4.78, 5) is 2.37. The molecule has 2 N–H and O–H groups in total. The highest BCUT2D eigenvalue weighted by Gasteiger charge is 2.27. The van der Waals surface area contributed by atoms with Crippen molar-refractivity contribution in [1.82, 2.24) is 4.57 Å². The average molecular weight is 322 g/mol. The number of benzene rings is 1. The molecule has 1 fully saturated rings. The highest BCUT2D eigenvalue weighted by Crippen LogP contribution is 2.33. The van der Waals surface area contributed by atoms with Crippen molar-refractivity contribution in [1.29, 1.82) is 5.26 Å². The Morgan fingerprint density at radius 3 is 2.54 bits per heavy atom. The number of anilines is 2. The fourth-order valence-electron chi connectivity index (χ4n) is 3.99. The molecule has 1 aliphatic rings. The molecule has 0 amide bonds. The second-order valence-corrected chi connectivity index (χ2v) is 7.35. The fourth-order valence-corrected chi connectivity index (χ4v) is 3.99. The first-order valence-electron chi connectivity index (χ1n) is 8.67. The molecule has 0 radical (unpaired) electrons. The van der Waals surface area contributed by atoms with Gasteiger partial charge in [0.2, 0.25) is 0 Å². The summed E-state index contributed by atoms with van der Waals surface area (Å²) in [6.45, 7) is 9.34. The third-order valence-electron chi connectivity index (χ3n) is 4.80. The third kappa shape index (κ3) is 3.26. The van der Waals surface area contributed by atoms with Crippen LogP contribution in [-0.2, 0) is 6.54 Å². The van der Waals surface area contributed by atoms with Gasteiger partial charge in [0.25, 0.3) is 0 Å². The molecule has 0 bridgehead atoms. The van der Waals surface area contributed by atoms with E-state index >= 15 is 0 Å². The van der Waals surface area contributed by atoms with Gasteiger partial charge in [0, 0.05) is 13.1 Å². The number of piperidine rings is 1. The van der Waals surface area contributed by atoms with Gasteiger partial charge in [-0.2, -0.15) is 5.26 Å². The number of nitrogens with two attached hydrogens (primary N) is 1. The van der Waals surface area contributed by atoms with Gasteiger partial charge in [0.05, 0.1) is 12.2 Å². The predicted octanol–water partition coefficient (Wildman–Crippen LogP) is 3.78. The van der Waals surface area contributed by atoms with Crippen LogP contribution in [0.1, 0.15) is 37.1 Å². The Labute approximate surface area is 144 Å². The zero-order chi connectivity index (χ0) is 17.3. The van der Waals surface area contributed by atoms with E-state index in [2.05, 4.69) is 60.6 Å². The first-order chi connectivity index (χ1) is 11.5. The predicted molar refractivity (Wildman–Crippen MR) is 99.0 cm³/mol. The number of nitriles is 1. The van der Waals surface area contributed by atoms with Crippen molar-refractivity contribution in [2.24, 2.45) is 11.8 Å². The van der Waals surface area contributed by atoms with Crippen molar-refractivity contribution in [3.63, 3.8) is 0 Å². The van der Waals surface area contributed by atoms with Gasteiger partial charge < -0.3 is 15.2 Å². The van der Waals surface area contributed by atoms with E-state index in [0.717, 1.165) is 18.9 Å². The van der Waals surface area contributed by atoms with Crippen molar-refractivity contribution in [2.75, 3.05) is 23.7 Å². The summed E-state index contributed by atoms with van der Waals surface area (Å²) in [5.74, 6) is 2.29. The first-order valence-corrected chi connectivity index (χ1v) is 8.67.